The number of piperidine rings is 1. The quantitative estimate of drug-likeness (QED) is 0.562. The molecular formula is C26H32N4O5. The van der Waals surface area contributed by atoms with Crippen LogP contribution in [0.2, 0.25) is 0 Å². The summed E-state index contributed by atoms with van der Waals surface area (Å²) in [6, 6.07) is 11.3. The molecule has 4 rings (SSSR count). The number of hydrogen-bond donors (Lipinski definition) is 3. The number of fused-ring (bicyclic) bond motifs is 1. The van der Waals surface area contributed by atoms with Crippen LogP contribution < -0.4 is 11.1 Å². The molecular weight excluding hydrogens is 448 g/mol. The standard InChI is InChI=1S/C26H32N4O5/c1-16-13-18(14-17(2)23(16)27)15-22(24(31)32)35-26(34)29-10-8-20(9-11-29)30-12-7-19-5-3-4-6-21(19)28-25(30)33/h3-6,13-14,20,22H,7-12,15,27H2,1-2H3,(H,28,33)(H,31,32). The minimum Gasteiger partial charge on any atom is -0.478 e. The lowest BCUT2D eigenvalue weighted by Crippen LogP contribution is -2.50. The van der Waals surface area contributed by atoms with Crippen LogP contribution in [0.5, 0.6) is 0 Å². The smallest absolute Gasteiger partial charge is 0.410 e. The molecule has 9 heteroatoms. The third kappa shape index (κ3) is 5.50. The number of likely N-dealkylation sites (tertiary alicyclic amines) is 1. The number of urea groups is 1. The Morgan fingerprint density at radius 2 is 1.80 bits per heavy atom. The molecule has 0 spiro atoms. The molecule has 9 nitrogen and oxygen atoms in total. The first-order valence-electron chi connectivity index (χ1n) is 11.9. The average molecular weight is 481 g/mol. The molecule has 0 radical (unpaired) electrons. The van der Waals surface area contributed by atoms with Crippen molar-refractivity contribution in [2.24, 2.45) is 0 Å². The average Bonchev–Trinajstić information content (AvgIpc) is 3.00. The minimum absolute atomic E-state index is 0.00404. The molecule has 0 aromatic heterocycles. The lowest BCUT2D eigenvalue weighted by atomic mass is 10.0. The maximum Gasteiger partial charge on any atom is 0.410 e. The molecule has 2 aliphatic rings. The van der Waals surface area contributed by atoms with E-state index in [1.165, 1.54) is 4.90 Å². The number of amides is 3. The highest BCUT2D eigenvalue weighted by Gasteiger charge is 2.33. The first-order valence-corrected chi connectivity index (χ1v) is 11.9. The summed E-state index contributed by atoms with van der Waals surface area (Å²) in [7, 11) is 0. The van der Waals surface area contributed by atoms with Gasteiger partial charge in [-0.2, -0.15) is 0 Å². The van der Waals surface area contributed by atoms with Gasteiger partial charge in [-0.15, -0.1) is 0 Å². The Balaban J connectivity index is 1.33. The van der Waals surface area contributed by atoms with E-state index in [0.29, 0.717) is 38.2 Å². The summed E-state index contributed by atoms with van der Waals surface area (Å²) in [4.78, 5) is 40.7. The molecule has 4 N–H and O–H groups in total. The first-order chi connectivity index (χ1) is 16.7. The molecule has 1 atom stereocenters. The predicted octanol–water partition coefficient (Wildman–Crippen LogP) is 3.57. The van der Waals surface area contributed by atoms with Gasteiger partial charge in [0.15, 0.2) is 0 Å². The minimum atomic E-state index is -1.29. The van der Waals surface area contributed by atoms with E-state index in [9.17, 15) is 19.5 Å². The lowest BCUT2D eigenvalue weighted by molar-refractivity contribution is -0.147. The van der Waals surface area contributed by atoms with Gasteiger partial charge < -0.3 is 30.7 Å². The second-order valence-corrected chi connectivity index (χ2v) is 9.31. The van der Waals surface area contributed by atoms with Crippen LogP contribution in [0.15, 0.2) is 36.4 Å². The van der Waals surface area contributed by atoms with Gasteiger partial charge in [0.2, 0.25) is 6.10 Å². The van der Waals surface area contributed by atoms with Crippen LogP contribution in [-0.2, 0) is 22.4 Å². The van der Waals surface area contributed by atoms with E-state index >= 15 is 0 Å². The zero-order chi connectivity index (χ0) is 25.1. The van der Waals surface area contributed by atoms with E-state index in [1.807, 2.05) is 55.1 Å². The van der Waals surface area contributed by atoms with Crippen LogP contribution in [0.1, 0.15) is 35.1 Å². The van der Waals surface area contributed by atoms with E-state index < -0.39 is 18.2 Å². The Labute approximate surface area is 204 Å². The van der Waals surface area contributed by atoms with Gasteiger partial charge in [-0.1, -0.05) is 30.3 Å². The third-order valence-electron chi connectivity index (χ3n) is 6.90. The fourth-order valence-electron chi connectivity index (χ4n) is 4.87. The number of para-hydroxylation sites is 1. The normalized spacial score (nSPS) is 17.3. The number of aliphatic carboxylic acids is 1. The highest BCUT2D eigenvalue weighted by atomic mass is 16.6. The van der Waals surface area contributed by atoms with E-state index in [0.717, 1.165) is 34.4 Å². The van der Waals surface area contributed by atoms with Gasteiger partial charge in [-0.25, -0.2) is 14.4 Å². The zero-order valence-corrected chi connectivity index (χ0v) is 20.1. The van der Waals surface area contributed by atoms with E-state index in [4.69, 9.17) is 10.5 Å². The largest absolute Gasteiger partial charge is 0.478 e. The number of ether oxygens (including phenoxy) is 1. The van der Waals surface area contributed by atoms with Crippen molar-refractivity contribution in [1.29, 1.82) is 0 Å². The molecule has 0 aliphatic carbocycles. The van der Waals surface area contributed by atoms with Crippen molar-refractivity contribution >= 4 is 29.5 Å². The molecule has 2 aliphatic heterocycles. The number of anilines is 2. The molecule has 2 aromatic rings. The van der Waals surface area contributed by atoms with Gasteiger partial charge in [0.1, 0.15) is 0 Å². The third-order valence-corrected chi connectivity index (χ3v) is 6.90. The number of benzene rings is 2. The Bertz CT molecular complexity index is 1100. The Morgan fingerprint density at radius 1 is 1.14 bits per heavy atom. The zero-order valence-electron chi connectivity index (χ0n) is 20.1. The number of nitrogen functional groups attached to an aromatic ring is 1. The summed E-state index contributed by atoms with van der Waals surface area (Å²) in [5.74, 6) is -1.19. The number of hydrogen-bond acceptors (Lipinski definition) is 5. The Morgan fingerprint density at radius 3 is 2.46 bits per heavy atom. The number of carbonyl (C=O) groups is 3. The molecule has 35 heavy (non-hydrogen) atoms. The van der Waals surface area contributed by atoms with Crippen LogP contribution in [-0.4, -0.2) is 64.8 Å². The van der Waals surface area contributed by atoms with Crippen molar-refractivity contribution in [3.8, 4) is 0 Å². The summed E-state index contributed by atoms with van der Waals surface area (Å²) >= 11 is 0. The Hall–Kier alpha value is -3.75. The van der Waals surface area contributed by atoms with Crippen LogP contribution in [0, 0.1) is 13.8 Å². The number of aryl methyl sites for hydroxylation is 2. The van der Waals surface area contributed by atoms with Crippen LogP contribution in [0.25, 0.3) is 0 Å². The van der Waals surface area contributed by atoms with Crippen molar-refractivity contribution < 1.29 is 24.2 Å². The second-order valence-electron chi connectivity index (χ2n) is 9.31. The lowest BCUT2D eigenvalue weighted by Gasteiger charge is -2.37. The fourth-order valence-corrected chi connectivity index (χ4v) is 4.87. The SMILES string of the molecule is Cc1cc(CC(OC(=O)N2CCC(N3CCc4ccccc4NC3=O)CC2)C(=O)O)cc(C)c1N. The van der Waals surface area contributed by atoms with Crippen LogP contribution in [0.3, 0.4) is 0 Å². The number of rotatable bonds is 5. The monoisotopic (exact) mass is 480 g/mol. The maximum atomic E-state index is 12.8. The number of carboxylic acid groups (broad SMARTS) is 1. The second kappa shape index (κ2) is 10.2. The van der Waals surface area contributed by atoms with Crippen molar-refractivity contribution in [2.75, 3.05) is 30.7 Å². The fraction of sp³-hybridized carbons (Fsp3) is 0.423. The summed E-state index contributed by atoms with van der Waals surface area (Å²) in [6.45, 7) is 5.13. The van der Waals surface area contributed by atoms with Gasteiger partial charge in [0.05, 0.1) is 0 Å². The van der Waals surface area contributed by atoms with Crippen molar-refractivity contribution in [1.82, 2.24) is 9.80 Å². The summed E-state index contributed by atoms with van der Waals surface area (Å²) in [5, 5.41) is 12.6. The van der Waals surface area contributed by atoms with E-state index in [-0.39, 0.29) is 18.5 Å². The molecule has 1 fully saturated rings. The maximum absolute atomic E-state index is 12.8. The predicted molar refractivity (Wildman–Crippen MR) is 132 cm³/mol. The van der Waals surface area contributed by atoms with Crippen LogP contribution in [0.4, 0.5) is 21.0 Å². The first kappa shape index (κ1) is 24.4. The Kier molecular flexibility index (Phi) is 7.14. The molecule has 3 amide bonds. The van der Waals surface area contributed by atoms with Gasteiger partial charge in [0, 0.05) is 43.5 Å². The number of carboxylic acids is 1. The number of nitrogens with zero attached hydrogens (tertiary/aromatic N) is 2. The molecule has 1 saturated heterocycles. The van der Waals surface area contributed by atoms with E-state index in [2.05, 4.69) is 5.32 Å². The highest BCUT2D eigenvalue weighted by molar-refractivity contribution is 5.91. The van der Waals surface area contributed by atoms with Crippen LogP contribution >= 0.6 is 0 Å². The number of carbonyl (C=O) groups excluding carboxylic acids is 2. The molecule has 2 heterocycles. The number of nitrogens with one attached hydrogen (secondary N) is 1. The molecule has 2 aromatic carbocycles. The molecule has 186 valence electrons. The van der Waals surface area contributed by atoms with Gasteiger partial charge >= 0.3 is 18.1 Å². The highest BCUT2D eigenvalue weighted by Crippen LogP contribution is 2.25. The van der Waals surface area contributed by atoms with Crippen molar-refractivity contribution in [2.45, 2.75) is 51.7 Å². The van der Waals surface area contributed by atoms with Gasteiger partial charge in [-0.05, 0) is 61.4 Å². The van der Waals surface area contributed by atoms with Gasteiger partial charge in [-0.3, -0.25) is 0 Å². The summed E-state index contributed by atoms with van der Waals surface area (Å²) in [5.41, 5.74) is 11.1. The van der Waals surface area contributed by atoms with E-state index in [1.54, 1.807) is 0 Å². The van der Waals surface area contributed by atoms with Crippen molar-refractivity contribution in [3.05, 3.63) is 58.7 Å². The number of nitrogens with two attached hydrogens (primary N) is 1. The summed E-state index contributed by atoms with van der Waals surface area (Å²) < 4.78 is 5.39. The molecule has 1 unspecified atom stereocenters. The van der Waals surface area contributed by atoms with Gasteiger partial charge in [0.25, 0.3) is 0 Å². The summed E-state index contributed by atoms with van der Waals surface area (Å²) in [6.07, 6.45) is 0.0973. The molecule has 0 bridgehead atoms. The molecule has 0 saturated carbocycles. The topological polar surface area (TPSA) is 125 Å². The van der Waals surface area contributed by atoms with Crippen molar-refractivity contribution in [3.63, 3.8) is 0 Å².